The molecular formula is C12H24. The van der Waals surface area contributed by atoms with Gasteiger partial charge in [0.1, 0.15) is 0 Å². The van der Waals surface area contributed by atoms with E-state index in [2.05, 4.69) is 27.7 Å². The molecule has 1 aliphatic rings. The van der Waals surface area contributed by atoms with Gasteiger partial charge in [0.25, 0.3) is 0 Å². The Morgan fingerprint density at radius 3 is 2.33 bits per heavy atom. The van der Waals surface area contributed by atoms with Crippen molar-refractivity contribution < 1.29 is 0 Å². The Morgan fingerprint density at radius 1 is 1.25 bits per heavy atom. The van der Waals surface area contributed by atoms with Crippen molar-refractivity contribution in [1.82, 2.24) is 0 Å². The molecule has 1 rings (SSSR count). The SMILES string of the molecule is CC(C)CCCC1CC(C)C1C. The van der Waals surface area contributed by atoms with E-state index >= 15 is 0 Å². The van der Waals surface area contributed by atoms with Crippen molar-refractivity contribution >= 4 is 0 Å². The molecule has 0 radical (unpaired) electrons. The largest absolute Gasteiger partial charge is 0.0628 e. The predicted molar refractivity (Wildman–Crippen MR) is 55.1 cm³/mol. The fourth-order valence-electron chi connectivity index (χ4n) is 2.34. The normalized spacial score (nSPS) is 35.2. The van der Waals surface area contributed by atoms with E-state index in [0.717, 1.165) is 23.7 Å². The van der Waals surface area contributed by atoms with Crippen LogP contribution in [0.2, 0.25) is 0 Å². The maximum atomic E-state index is 2.42. The van der Waals surface area contributed by atoms with Crippen LogP contribution in [0.1, 0.15) is 53.4 Å². The molecule has 0 aromatic carbocycles. The molecule has 0 heteroatoms. The summed E-state index contributed by atoms with van der Waals surface area (Å²) in [6.07, 6.45) is 5.87. The average Bonchev–Trinajstić information content (AvgIpc) is 2.02. The van der Waals surface area contributed by atoms with Crippen LogP contribution >= 0.6 is 0 Å². The Hall–Kier alpha value is 0. The van der Waals surface area contributed by atoms with Crippen LogP contribution < -0.4 is 0 Å². The summed E-state index contributed by atoms with van der Waals surface area (Å²) in [6.45, 7) is 9.47. The van der Waals surface area contributed by atoms with E-state index in [0.29, 0.717) is 0 Å². The van der Waals surface area contributed by atoms with Crippen LogP contribution in [0.15, 0.2) is 0 Å². The van der Waals surface area contributed by atoms with Crippen molar-refractivity contribution in [1.29, 1.82) is 0 Å². The zero-order chi connectivity index (χ0) is 9.14. The van der Waals surface area contributed by atoms with E-state index in [1.54, 1.807) is 0 Å². The van der Waals surface area contributed by atoms with Gasteiger partial charge in [-0.1, -0.05) is 47.0 Å². The quantitative estimate of drug-likeness (QED) is 0.592. The molecule has 0 aromatic rings. The molecule has 0 aromatic heterocycles. The summed E-state index contributed by atoms with van der Waals surface area (Å²) in [5.74, 6) is 3.99. The molecule has 0 amide bonds. The molecule has 0 aliphatic heterocycles. The molecule has 72 valence electrons. The second kappa shape index (κ2) is 4.30. The van der Waals surface area contributed by atoms with Crippen LogP contribution in [-0.2, 0) is 0 Å². The van der Waals surface area contributed by atoms with Crippen molar-refractivity contribution in [3.05, 3.63) is 0 Å². The molecule has 0 bridgehead atoms. The molecule has 3 atom stereocenters. The van der Waals surface area contributed by atoms with E-state index in [-0.39, 0.29) is 0 Å². The topological polar surface area (TPSA) is 0 Å². The lowest BCUT2D eigenvalue weighted by molar-refractivity contribution is 0.0917. The third kappa shape index (κ3) is 2.50. The highest BCUT2D eigenvalue weighted by Gasteiger charge is 2.33. The van der Waals surface area contributed by atoms with Crippen molar-refractivity contribution in [2.24, 2.45) is 23.7 Å². The highest BCUT2D eigenvalue weighted by molar-refractivity contribution is 4.83. The van der Waals surface area contributed by atoms with Crippen LogP contribution in [0, 0.1) is 23.7 Å². The van der Waals surface area contributed by atoms with Crippen LogP contribution in [-0.4, -0.2) is 0 Å². The summed E-state index contributed by atoms with van der Waals surface area (Å²) in [5.41, 5.74) is 0. The average molecular weight is 168 g/mol. The van der Waals surface area contributed by atoms with Gasteiger partial charge in [-0.15, -0.1) is 0 Å². The number of rotatable bonds is 4. The molecule has 0 N–H and O–H groups in total. The Balaban J connectivity index is 2.02. The van der Waals surface area contributed by atoms with E-state index in [9.17, 15) is 0 Å². The Labute approximate surface area is 77.7 Å². The maximum Gasteiger partial charge on any atom is -0.0383 e. The standard InChI is InChI=1S/C12H24/c1-9(2)6-5-7-12-8-10(3)11(12)4/h9-12H,5-8H2,1-4H3. The summed E-state index contributed by atoms with van der Waals surface area (Å²) in [5, 5.41) is 0. The second-order valence-corrected chi connectivity index (χ2v) is 5.16. The maximum absolute atomic E-state index is 2.42. The van der Waals surface area contributed by atoms with Crippen molar-refractivity contribution in [3.8, 4) is 0 Å². The van der Waals surface area contributed by atoms with Crippen molar-refractivity contribution in [3.63, 3.8) is 0 Å². The molecule has 0 spiro atoms. The fraction of sp³-hybridized carbons (Fsp3) is 1.00. The fourth-order valence-corrected chi connectivity index (χ4v) is 2.34. The van der Waals surface area contributed by atoms with E-state index in [1.807, 2.05) is 0 Å². The molecule has 1 aliphatic carbocycles. The lowest BCUT2D eigenvalue weighted by atomic mass is 9.65. The van der Waals surface area contributed by atoms with Crippen LogP contribution in [0.5, 0.6) is 0 Å². The summed E-state index contributed by atoms with van der Waals surface area (Å²) in [6, 6.07) is 0. The first kappa shape index (κ1) is 10.1. The molecule has 1 fully saturated rings. The monoisotopic (exact) mass is 168 g/mol. The zero-order valence-electron chi connectivity index (χ0n) is 9.14. The van der Waals surface area contributed by atoms with Gasteiger partial charge in [0.05, 0.1) is 0 Å². The van der Waals surface area contributed by atoms with Crippen molar-refractivity contribution in [2.45, 2.75) is 53.4 Å². The lowest BCUT2D eigenvalue weighted by Gasteiger charge is -2.41. The minimum absolute atomic E-state index is 0.901. The van der Waals surface area contributed by atoms with E-state index in [1.165, 1.54) is 25.7 Å². The summed E-state index contributed by atoms with van der Waals surface area (Å²) < 4.78 is 0. The van der Waals surface area contributed by atoms with Gasteiger partial charge in [-0.05, 0) is 30.1 Å². The van der Waals surface area contributed by atoms with Gasteiger partial charge in [0, 0.05) is 0 Å². The zero-order valence-corrected chi connectivity index (χ0v) is 9.14. The Kier molecular flexibility index (Phi) is 3.61. The minimum Gasteiger partial charge on any atom is -0.0628 e. The molecule has 0 heterocycles. The molecule has 1 saturated carbocycles. The van der Waals surface area contributed by atoms with Crippen LogP contribution in [0.3, 0.4) is 0 Å². The van der Waals surface area contributed by atoms with Gasteiger partial charge in [-0.2, -0.15) is 0 Å². The second-order valence-electron chi connectivity index (χ2n) is 5.16. The smallest absolute Gasteiger partial charge is 0.0383 e. The molecule has 0 nitrogen and oxygen atoms in total. The first-order chi connectivity index (χ1) is 5.61. The van der Waals surface area contributed by atoms with Gasteiger partial charge in [-0.3, -0.25) is 0 Å². The first-order valence-corrected chi connectivity index (χ1v) is 5.61. The molecule has 3 unspecified atom stereocenters. The Morgan fingerprint density at radius 2 is 1.92 bits per heavy atom. The third-order valence-electron chi connectivity index (χ3n) is 3.67. The van der Waals surface area contributed by atoms with Gasteiger partial charge < -0.3 is 0 Å². The van der Waals surface area contributed by atoms with Gasteiger partial charge in [-0.25, -0.2) is 0 Å². The molecular weight excluding hydrogens is 144 g/mol. The third-order valence-corrected chi connectivity index (χ3v) is 3.67. The summed E-state index contributed by atoms with van der Waals surface area (Å²) in [7, 11) is 0. The van der Waals surface area contributed by atoms with Crippen LogP contribution in [0.4, 0.5) is 0 Å². The minimum atomic E-state index is 0.901. The molecule has 0 saturated heterocycles. The lowest BCUT2D eigenvalue weighted by Crippen LogP contribution is -2.32. The molecule has 12 heavy (non-hydrogen) atoms. The number of hydrogen-bond acceptors (Lipinski definition) is 0. The highest BCUT2D eigenvalue weighted by Crippen LogP contribution is 2.42. The van der Waals surface area contributed by atoms with Gasteiger partial charge in [0.2, 0.25) is 0 Å². The summed E-state index contributed by atoms with van der Waals surface area (Å²) in [4.78, 5) is 0. The van der Waals surface area contributed by atoms with Gasteiger partial charge >= 0.3 is 0 Å². The Bertz CT molecular complexity index is 126. The van der Waals surface area contributed by atoms with Gasteiger partial charge in [0.15, 0.2) is 0 Å². The van der Waals surface area contributed by atoms with Crippen molar-refractivity contribution in [2.75, 3.05) is 0 Å². The highest BCUT2D eigenvalue weighted by atomic mass is 14.4. The van der Waals surface area contributed by atoms with E-state index < -0.39 is 0 Å². The number of hydrogen-bond donors (Lipinski definition) is 0. The van der Waals surface area contributed by atoms with Crippen LogP contribution in [0.25, 0.3) is 0 Å². The first-order valence-electron chi connectivity index (χ1n) is 5.61. The summed E-state index contributed by atoms with van der Waals surface area (Å²) >= 11 is 0. The van der Waals surface area contributed by atoms with E-state index in [4.69, 9.17) is 0 Å². The predicted octanol–water partition coefficient (Wildman–Crippen LogP) is 4.10.